The van der Waals surface area contributed by atoms with Crippen LogP contribution in [0.5, 0.6) is 0 Å². The third-order valence-corrected chi connectivity index (χ3v) is 3.34. The van der Waals surface area contributed by atoms with E-state index in [1.54, 1.807) is 12.1 Å². The van der Waals surface area contributed by atoms with Gasteiger partial charge < -0.3 is 10.4 Å². The number of amides is 1. The fraction of sp³-hybridized carbons (Fsp3) is 0.312. The fourth-order valence-corrected chi connectivity index (χ4v) is 2.39. The summed E-state index contributed by atoms with van der Waals surface area (Å²) < 4.78 is 1.82. The molecule has 1 amide bonds. The molecule has 2 rings (SSSR count). The Hall–Kier alpha value is -2.63. The second-order valence-corrected chi connectivity index (χ2v) is 5.36. The van der Waals surface area contributed by atoms with Crippen LogP contribution in [0, 0.1) is 13.8 Å². The quantitative estimate of drug-likeness (QED) is 0.889. The number of nitrogens with zero attached hydrogens (tertiary/aromatic N) is 2. The lowest BCUT2D eigenvalue weighted by Gasteiger charge is -2.14. The lowest BCUT2D eigenvalue weighted by molar-refractivity contribution is -0.116. The zero-order valence-corrected chi connectivity index (χ0v) is 12.8. The van der Waals surface area contributed by atoms with E-state index in [0.29, 0.717) is 5.69 Å². The van der Waals surface area contributed by atoms with Crippen LogP contribution in [0.2, 0.25) is 0 Å². The SMILES string of the molecule is Cc1cc(C)n(C(C)CC(=O)Nc2cccc(C(=O)O)c2)n1. The first-order valence-electron chi connectivity index (χ1n) is 7.03. The van der Waals surface area contributed by atoms with Crippen molar-refractivity contribution in [2.24, 2.45) is 0 Å². The Morgan fingerprint density at radius 1 is 1.32 bits per heavy atom. The Morgan fingerprint density at radius 2 is 2.05 bits per heavy atom. The number of hydrogen-bond acceptors (Lipinski definition) is 3. The van der Waals surface area contributed by atoms with Gasteiger partial charge in [0.05, 0.1) is 17.3 Å². The van der Waals surface area contributed by atoms with Gasteiger partial charge in [-0.25, -0.2) is 4.79 Å². The molecular formula is C16H19N3O3. The van der Waals surface area contributed by atoms with E-state index >= 15 is 0 Å². The maximum Gasteiger partial charge on any atom is 0.335 e. The standard InChI is InChI=1S/C16H19N3O3/c1-10-7-11(2)19(18-10)12(3)8-15(20)17-14-6-4-5-13(9-14)16(21)22/h4-7,9,12H,8H2,1-3H3,(H,17,20)(H,21,22). The monoisotopic (exact) mass is 301 g/mol. The summed E-state index contributed by atoms with van der Waals surface area (Å²) in [5, 5.41) is 16.0. The summed E-state index contributed by atoms with van der Waals surface area (Å²) in [6.07, 6.45) is 0.263. The van der Waals surface area contributed by atoms with Crippen LogP contribution in [0.15, 0.2) is 30.3 Å². The van der Waals surface area contributed by atoms with Crippen molar-refractivity contribution >= 4 is 17.6 Å². The van der Waals surface area contributed by atoms with Gasteiger partial charge >= 0.3 is 5.97 Å². The summed E-state index contributed by atoms with van der Waals surface area (Å²) in [5.41, 5.74) is 2.54. The molecule has 0 aliphatic carbocycles. The predicted molar refractivity (Wildman–Crippen MR) is 83.1 cm³/mol. The molecule has 0 spiro atoms. The molecule has 0 fully saturated rings. The molecule has 22 heavy (non-hydrogen) atoms. The van der Waals surface area contributed by atoms with Crippen molar-refractivity contribution in [2.45, 2.75) is 33.2 Å². The van der Waals surface area contributed by atoms with Crippen molar-refractivity contribution in [2.75, 3.05) is 5.32 Å². The molecular weight excluding hydrogens is 282 g/mol. The molecule has 1 aromatic heterocycles. The van der Waals surface area contributed by atoms with E-state index < -0.39 is 5.97 Å². The summed E-state index contributed by atoms with van der Waals surface area (Å²) >= 11 is 0. The van der Waals surface area contributed by atoms with E-state index in [1.165, 1.54) is 12.1 Å². The highest BCUT2D eigenvalue weighted by Gasteiger charge is 2.14. The maximum absolute atomic E-state index is 12.1. The molecule has 116 valence electrons. The normalized spacial score (nSPS) is 12.0. The number of aryl methyl sites for hydroxylation is 2. The van der Waals surface area contributed by atoms with E-state index in [2.05, 4.69) is 10.4 Å². The third kappa shape index (κ3) is 3.72. The van der Waals surface area contributed by atoms with Gasteiger partial charge in [-0.05, 0) is 45.0 Å². The highest BCUT2D eigenvalue weighted by molar-refractivity contribution is 5.94. The van der Waals surface area contributed by atoms with E-state index in [1.807, 2.05) is 31.5 Å². The number of carbonyl (C=O) groups is 2. The molecule has 0 bridgehead atoms. The number of carbonyl (C=O) groups excluding carboxylic acids is 1. The molecule has 6 heteroatoms. The first kappa shape index (κ1) is 15.8. The molecule has 6 nitrogen and oxygen atoms in total. The first-order chi connectivity index (χ1) is 10.4. The van der Waals surface area contributed by atoms with Gasteiger partial charge in [-0.3, -0.25) is 9.48 Å². The van der Waals surface area contributed by atoms with Crippen LogP contribution in [0.25, 0.3) is 0 Å². The number of rotatable bonds is 5. The molecule has 1 aromatic carbocycles. The lowest BCUT2D eigenvalue weighted by atomic mass is 10.2. The zero-order valence-electron chi connectivity index (χ0n) is 12.8. The summed E-state index contributed by atoms with van der Waals surface area (Å²) in [6.45, 7) is 5.78. The largest absolute Gasteiger partial charge is 0.478 e. The molecule has 0 saturated heterocycles. The van der Waals surface area contributed by atoms with Crippen molar-refractivity contribution in [3.8, 4) is 0 Å². The smallest absolute Gasteiger partial charge is 0.335 e. The van der Waals surface area contributed by atoms with Gasteiger partial charge in [0.1, 0.15) is 0 Å². The number of benzene rings is 1. The van der Waals surface area contributed by atoms with Crippen molar-refractivity contribution in [3.05, 3.63) is 47.3 Å². The Bertz CT molecular complexity index is 706. The Morgan fingerprint density at radius 3 is 2.64 bits per heavy atom. The number of anilines is 1. The minimum atomic E-state index is -1.02. The van der Waals surface area contributed by atoms with Gasteiger partial charge in [-0.2, -0.15) is 5.10 Å². The number of carboxylic acids is 1. The van der Waals surface area contributed by atoms with Gasteiger partial charge in [0.2, 0.25) is 5.91 Å². The number of aromatic nitrogens is 2. The van der Waals surface area contributed by atoms with E-state index in [0.717, 1.165) is 11.4 Å². The van der Waals surface area contributed by atoms with E-state index in [9.17, 15) is 9.59 Å². The highest BCUT2D eigenvalue weighted by Crippen LogP contribution is 2.16. The second-order valence-electron chi connectivity index (χ2n) is 5.36. The maximum atomic E-state index is 12.1. The van der Waals surface area contributed by atoms with Crippen molar-refractivity contribution in [1.29, 1.82) is 0 Å². The van der Waals surface area contributed by atoms with Crippen LogP contribution < -0.4 is 5.32 Å². The predicted octanol–water partition coefficient (Wildman–Crippen LogP) is 2.79. The van der Waals surface area contributed by atoms with E-state index in [4.69, 9.17) is 5.11 Å². The Labute approximate surface area is 128 Å². The van der Waals surface area contributed by atoms with Crippen LogP contribution >= 0.6 is 0 Å². The van der Waals surface area contributed by atoms with Gasteiger partial charge in [0.15, 0.2) is 0 Å². The van der Waals surface area contributed by atoms with Gasteiger partial charge in [0.25, 0.3) is 0 Å². The number of carboxylic acid groups (broad SMARTS) is 1. The number of hydrogen-bond donors (Lipinski definition) is 2. The molecule has 2 aromatic rings. The zero-order chi connectivity index (χ0) is 16.3. The number of aromatic carboxylic acids is 1. The topological polar surface area (TPSA) is 84.2 Å². The van der Waals surface area contributed by atoms with Crippen molar-refractivity contribution in [1.82, 2.24) is 9.78 Å². The first-order valence-corrected chi connectivity index (χ1v) is 7.03. The Kier molecular flexibility index (Phi) is 4.60. The average Bonchev–Trinajstić information content (AvgIpc) is 2.77. The molecule has 0 aliphatic rings. The van der Waals surface area contributed by atoms with E-state index in [-0.39, 0.29) is 23.9 Å². The van der Waals surface area contributed by atoms with Crippen LogP contribution in [0.1, 0.15) is 41.1 Å². The van der Waals surface area contributed by atoms with Gasteiger partial charge in [-0.15, -0.1) is 0 Å². The average molecular weight is 301 g/mol. The number of nitrogens with one attached hydrogen (secondary N) is 1. The lowest BCUT2D eigenvalue weighted by Crippen LogP contribution is -2.19. The summed E-state index contributed by atoms with van der Waals surface area (Å²) in [4.78, 5) is 23.0. The molecule has 1 unspecified atom stereocenters. The summed E-state index contributed by atoms with van der Waals surface area (Å²) in [5.74, 6) is -1.20. The molecule has 0 saturated carbocycles. The fourth-order valence-electron chi connectivity index (χ4n) is 2.39. The van der Waals surface area contributed by atoms with Crippen LogP contribution in [0.4, 0.5) is 5.69 Å². The van der Waals surface area contributed by atoms with Gasteiger partial charge in [-0.1, -0.05) is 6.07 Å². The van der Waals surface area contributed by atoms with Crippen LogP contribution in [-0.2, 0) is 4.79 Å². The molecule has 1 heterocycles. The van der Waals surface area contributed by atoms with Crippen molar-refractivity contribution in [3.63, 3.8) is 0 Å². The third-order valence-electron chi connectivity index (χ3n) is 3.34. The van der Waals surface area contributed by atoms with Crippen LogP contribution in [0.3, 0.4) is 0 Å². The van der Waals surface area contributed by atoms with Crippen molar-refractivity contribution < 1.29 is 14.7 Å². The van der Waals surface area contributed by atoms with Crippen LogP contribution in [-0.4, -0.2) is 26.8 Å². The molecule has 0 radical (unpaired) electrons. The molecule has 2 N–H and O–H groups in total. The minimum absolute atomic E-state index is 0.0728. The minimum Gasteiger partial charge on any atom is -0.478 e. The highest BCUT2D eigenvalue weighted by atomic mass is 16.4. The van der Waals surface area contributed by atoms with Gasteiger partial charge in [0, 0.05) is 17.8 Å². The second kappa shape index (κ2) is 6.43. The summed E-state index contributed by atoms with van der Waals surface area (Å²) in [7, 11) is 0. The Balaban J connectivity index is 2.02. The molecule has 1 atom stereocenters. The summed E-state index contributed by atoms with van der Waals surface area (Å²) in [6, 6.07) is 8.08. The molecule has 0 aliphatic heterocycles.